The van der Waals surface area contributed by atoms with Crippen LogP contribution in [-0.4, -0.2) is 40.6 Å². The first-order chi connectivity index (χ1) is 15.0. The third-order valence-electron chi connectivity index (χ3n) is 5.45. The quantitative estimate of drug-likeness (QED) is 0.528. The fraction of sp³-hybridized carbons (Fsp3) is 0.458. The fourth-order valence-electron chi connectivity index (χ4n) is 3.79. The van der Waals surface area contributed by atoms with Crippen LogP contribution >= 0.6 is 0 Å². The van der Waals surface area contributed by atoms with Gasteiger partial charge in [0.2, 0.25) is 10.0 Å². The Kier molecular flexibility index (Phi) is 8.63. The molecular weight excluding hydrogens is 412 g/mol. The monoisotopic (exact) mass is 444 g/mol. The zero-order valence-corrected chi connectivity index (χ0v) is 19.1. The van der Waals surface area contributed by atoms with Gasteiger partial charge < -0.3 is 9.47 Å². The van der Waals surface area contributed by atoms with E-state index in [1.165, 1.54) is 0 Å². The Hall–Kier alpha value is -2.22. The lowest BCUT2D eigenvalue weighted by atomic mass is 9.98. The van der Waals surface area contributed by atoms with Crippen LogP contribution in [0, 0.1) is 5.92 Å². The number of unbranched alkanes of at least 4 members (excludes halogenated alkanes) is 1. The number of hydrogen-bond acceptors (Lipinski definition) is 5. The minimum Gasteiger partial charge on any atom is -0.470 e. The van der Waals surface area contributed by atoms with E-state index in [0.29, 0.717) is 25.5 Å². The number of nitrogens with one attached hydrogen (secondary N) is 1. The number of rotatable bonds is 12. The van der Waals surface area contributed by atoms with E-state index < -0.39 is 10.0 Å². The Morgan fingerprint density at radius 2 is 1.74 bits per heavy atom. The van der Waals surface area contributed by atoms with Gasteiger partial charge in [-0.25, -0.2) is 18.1 Å². The van der Waals surface area contributed by atoms with Crippen LogP contribution in [0.1, 0.15) is 44.3 Å². The summed E-state index contributed by atoms with van der Waals surface area (Å²) >= 11 is 0. The van der Waals surface area contributed by atoms with Gasteiger partial charge in [0.25, 0.3) is 0 Å². The number of ether oxygens (including phenoxy) is 2. The van der Waals surface area contributed by atoms with Gasteiger partial charge in [-0.15, -0.1) is 0 Å². The number of nitrogens with zero attached hydrogens (tertiary/aromatic N) is 1. The van der Waals surface area contributed by atoms with Crippen molar-refractivity contribution in [3.8, 4) is 0 Å². The van der Waals surface area contributed by atoms with E-state index in [1.807, 2.05) is 30.3 Å². The minimum atomic E-state index is -3.52. The smallest absolute Gasteiger partial charge is 0.240 e. The predicted octanol–water partition coefficient (Wildman–Crippen LogP) is 4.35. The summed E-state index contributed by atoms with van der Waals surface area (Å²) in [4.78, 5) is 5.13. The van der Waals surface area contributed by atoms with Gasteiger partial charge in [0, 0.05) is 19.6 Å². The minimum absolute atomic E-state index is 0.0616. The van der Waals surface area contributed by atoms with Crippen molar-refractivity contribution in [2.45, 2.75) is 49.6 Å². The standard InChI is InChI=1S/C24H32N2O4S/c1-3-4-11-20(16-17-25-31(27,28)21-14-9-6-10-15-21)24-26-22(18-29-2)23(30-24)19-12-7-5-8-13-19/h5-10,12-15,20,22-23,25H,3-4,11,16-18H2,1-2H3/t20-,22+,23+/m1/s1. The molecule has 0 saturated carbocycles. The topological polar surface area (TPSA) is 77.0 Å². The molecule has 0 unspecified atom stereocenters. The molecule has 0 amide bonds. The SMILES string of the molecule is CCCC[C@H](CCNS(=O)(=O)c1ccccc1)C1=N[C@@H](COC)[C@H](c2ccccc2)O1. The van der Waals surface area contributed by atoms with E-state index in [0.717, 1.165) is 24.8 Å². The molecule has 0 spiro atoms. The highest BCUT2D eigenvalue weighted by Gasteiger charge is 2.35. The van der Waals surface area contributed by atoms with Gasteiger partial charge in [-0.1, -0.05) is 68.3 Å². The summed E-state index contributed by atoms with van der Waals surface area (Å²) in [7, 11) is -1.85. The third kappa shape index (κ3) is 6.38. The Morgan fingerprint density at radius 1 is 1.06 bits per heavy atom. The van der Waals surface area contributed by atoms with Crippen molar-refractivity contribution in [1.82, 2.24) is 4.72 Å². The number of hydrogen-bond donors (Lipinski definition) is 1. The van der Waals surface area contributed by atoms with Crippen LogP contribution in [0.3, 0.4) is 0 Å². The maximum Gasteiger partial charge on any atom is 0.240 e. The molecule has 1 N–H and O–H groups in total. The summed E-state index contributed by atoms with van der Waals surface area (Å²) in [5, 5.41) is 0. The van der Waals surface area contributed by atoms with Crippen LogP contribution in [0.2, 0.25) is 0 Å². The van der Waals surface area contributed by atoms with Crippen molar-refractivity contribution in [2.75, 3.05) is 20.3 Å². The first-order valence-electron chi connectivity index (χ1n) is 10.9. The molecule has 168 valence electrons. The second-order valence-electron chi connectivity index (χ2n) is 7.78. The number of sulfonamides is 1. The first kappa shape index (κ1) is 23.4. The van der Waals surface area contributed by atoms with Crippen LogP contribution in [-0.2, 0) is 19.5 Å². The van der Waals surface area contributed by atoms with Crippen LogP contribution in [0.5, 0.6) is 0 Å². The van der Waals surface area contributed by atoms with Gasteiger partial charge in [-0.05, 0) is 30.5 Å². The van der Waals surface area contributed by atoms with E-state index >= 15 is 0 Å². The molecule has 0 bridgehead atoms. The van der Waals surface area contributed by atoms with Crippen LogP contribution in [0.15, 0.2) is 70.6 Å². The molecule has 0 aromatic heterocycles. The molecule has 1 aliphatic rings. The van der Waals surface area contributed by atoms with Gasteiger partial charge in [0.05, 0.1) is 11.5 Å². The van der Waals surface area contributed by atoms with Crippen molar-refractivity contribution < 1.29 is 17.9 Å². The summed E-state index contributed by atoms with van der Waals surface area (Å²) < 4.78 is 39.5. The maximum absolute atomic E-state index is 12.5. The van der Waals surface area contributed by atoms with Crippen LogP contribution in [0.4, 0.5) is 0 Å². The van der Waals surface area contributed by atoms with E-state index in [4.69, 9.17) is 14.5 Å². The van der Waals surface area contributed by atoms with Gasteiger partial charge in [0.15, 0.2) is 5.90 Å². The number of aliphatic imine (C=N–C) groups is 1. The van der Waals surface area contributed by atoms with Crippen molar-refractivity contribution in [3.05, 3.63) is 66.2 Å². The molecule has 2 aromatic carbocycles. The average Bonchev–Trinajstić information content (AvgIpc) is 3.21. The first-order valence-corrected chi connectivity index (χ1v) is 12.4. The summed E-state index contributed by atoms with van der Waals surface area (Å²) in [5.74, 6) is 0.773. The highest BCUT2D eigenvalue weighted by atomic mass is 32.2. The molecule has 31 heavy (non-hydrogen) atoms. The zero-order valence-electron chi connectivity index (χ0n) is 18.2. The molecule has 3 atom stereocenters. The Bertz CT molecular complexity index is 933. The summed E-state index contributed by atoms with van der Waals surface area (Å²) in [5.41, 5.74) is 1.07. The van der Waals surface area contributed by atoms with E-state index in [2.05, 4.69) is 11.6 Å². The van der Waals surface area contributed by atoms with E-state index in [9.17, 15) is 8.42 Å². The molecule has 0 aliphatic carbocycles. The van der Waals surface area contributed by atoms with E-state index in [-0.39, 0.29) is 23.0 Å². The highest BCUT2D eigenvalue weighted by Crippen LogP contribution is 2.33. The molecular formula is C24H32N2O4S. The average molecular weight is 445 g/mol. The molecule has 0 radical (unpaired) electrons. The molecule has 3 rings (SSSR count). The lowest BCUT2D eigenvalue weighted by Crippen LogP contribution is -2.28. The molecule has 7 heteroatoms. The van der Waals surface area contributed by atoms with Crippen LogP contribution < -0.4 is 4.72 Å². The van der Waals surface area contributed by atoms with Crippen LogP contribution in [0.25, 0.3) is 0 Å². The lowest BCUT2D eigenvalue weighted by Gasteiger charge is -2.20. The van der Waals surface area contributed by atoms with Gasteiger partial charge in [-0.2, -0.15) is 0 Å². The summed E-state index contributed by atoms with van der Waals surface area (Å²) in [6.07, 6.45) is 3.45. The van der Waals surface area contributed by atoms with Crippen molar-refractivity contribution >= 4 is 15.9 Å². The molecule has 6 nitrogen and oxygen atoms in total. The number of methoxy groups -OCH3 is 1. The molecule has 0 saturated heterocycles. The Morgan fingerprint density at radius 3 is 2.39 bits per heavy atom. The van der Waals surface area contributed by atoms with Gasteiger partial charge in [-0.3, -0.25) is 0 Å². The lowest BCUT2D eigenvalue weighted by molar-refractivity contribution is 0.116. The van der Waals surface area contributed by atoms with Crippen molar-refractivity contribution in [2.24, 2.45) is 10.9 Å². The summed E-state index contributed by atoms with van der Waals surface area (Å²) in [6.45, 7) is 2.95. The highest BCUT2D eigenvalue weighted by molar-refractivity contribution is 7.89. The predicted molar refractivity (Wildman–Crippen MR) is 123 cm³/mol. The fourth-order valence-corrected chi connectivity index (χ4v) is 4.86. The Balaban J connectivity index is 1.69. The normalized spacial score (nSPS) is 19.6. The van der Waals surface area contributed by atoms with Crippen molar-refractivity contribution in [1.29, 1.82) is 0 Å². The van der Waals surface area contributed by atoms with E-state index in [1.54, 1.807) is 37.4 Å². The largest absolute Gasteiger partial charge is 0.470 e. The third-order valence-corrected chi connectivity index (χ3v) is 6.93. The molecule has 1 heterocycles. The van der Waals surface area contributed by atoms with Crippen molar-refractivity contribution in [3.63, 3.8) is 0 Å². The second-order valence-corrected chi connectivity index (χ2v) is 9.54. The maximum atomic E-state index is 12.5. The Labute approximate surface area is 185 Å². The number of benzene rings is 2. The van der Waals surface area contributed by atoms with Gasteiger partial charge >= 0.3 is 0 Å². The molecule has 0 fully saturated rings. The molecule has 1 aliphatic heterocycles. The molecule has 2 aromatic rings. The summed E-state index contributed by atoms with van der Waals surface area (Å²) in [6, 6.07) is 18.4. The second kappa shape index (κ2) is 11.4. The van der Waals surface area contributed by atoms with Gasteiger partial charge in [0.1, 0.15) is 12.1 Å². The zero-order chi connectivity index (χ0) is 22.1.